The smallest absolute Gasteiger partial charge is 0.230 e. The quantitative estimate of drug-likeness (QED) is 0.786. The van der Waals surface area contributed by atoms with Crippen LogP contribution in [0.3, 0.4) is 0 Å². The highest BCUT2D eigenvalue weighted by Gasteiger charge is 2.02. The van der Waals surface area contributed by atoms with Crippen LogP contribution in [0, 0.1) is 6.92 Å². The van der Waals surface area contributed by atoms with Crippen LogP contribution in [0.4, 0.5) is 0 Å². The average Bonchev–Trinajstić information content (AvgIpc) is 2.77. The Kier molecular flexibility index (Phi) is 2.77. The van der Waals surface area contributed by atoms with Gasteiger partial charge in [-0.05, 0) is 0 Å². The molecule has 0 atom stereocenters. The van der Waals surface area contributed by atoms with Crippen LogP contribution < -0.4 is 5.32 Å². The van der Waals surface area contributed by atoms with Gasteiger partial charge in [-0.1, -0.05) is 0 Å². The molecule has 0 bridgehead atoms. The van der Waals surface area contributed by atoms with Crippen molar-refractivity contribution < 1.29 is 4.42 Å². The summed E-state index contributed by atoms with van der Waals surface area (Å²) in [5.74, 6) is 2.16. The molecule has 0 amide bonds. The van der Waals surface area contributed by atoms with E-state index in [1.807, 2.05) is 17.8 Å². The first-order valence-electron chi connectivity index (χ1n) is 4.71. The summed E-state index contributed by atoms with van der Waals surface area (Å²) in [5, 5.41) is 10.8. The van der Waals surface area contributed by atoms with Crippen LogP contribution in [0.2, 0.25) is 0 Å². The molecule has 0 aliphatic heterocycles. The van der Waals surface area contributed by atoms with E-state index in [1.54, 1.807) is 13.1 Å². The molecule has 0 aliphatic carbocycles. The molecular weight excluding hydrogens is 194 g/mol. The van der Waals surface area contributed by atoms with Gasteiger partial charge in [-0.2, -0.15) is 0 Å². The minimum absolute atomic E-state index is 0.563. The zero-order valence-corrected chi connectivity index (χ0v) is 8.77. The fraction of sp³-hybridized carbons (Fsp3) is 0.444. The molecular formula is C9H13N5O. The summed E-state index contributed by atoms with van der Waals surface area (Å²) in [7, 11) is 1.96. The fourth-order valence-electron chi connectivity index (χ4n) is 1.26. The van der Waals surface area contributed by atoms with Crippen LogP contribution >= 0.6 is 0 Å². The van der Waals surface area contributed by atoms with Gasteiger partial charge in [-0.15, -0.1) is 10.2 Å². The van der Waals surface area contributed by atoms with Crippen LogP contribution in [0.25, 0.3) is 0 Å². The molecule has 0 radical (unpaired) electrons. The van der Waals surface area contributed by atoms with Gasteiger partial charge in [0.1, 0.15) is 5.82 Å². The van der Waals surface area contributed by atoms with Gasteiger partial charge in [-0.25, -0.2) is 4.98 Å². The van der Waals surface area contributed by atoms with Crippen molar-refractivity contribution in [3.63, 3.8) is 0 Å². The van der Waals surface area contributed by atoms with Gasteiger partial charge in [-0.3, -0.25) is 0 Å². The first kappa shape index (κ1) is 9.85. The number of aromatic nitrogens is 4. The lowest BCUT2D eigenvalue weighted by molar-refractivity contribution is 0.444. The molecule has 0 spiro atoms. The van der Waals surface area contributed by atoms with Crippen molar-refractivity contribution in [3.05, 3.63) is 30.0 Å². The Hall–Kier alpha value is -1.69. The molecule has 6 nitrogen and oxygen atoms in total. The minimum atomic E-state index is 0.563. The van der Waals surface area contributed by atoms with E-state index in [1.165, 1.54) is 0 Å². The predicted molar refractivity (Wildman–Crippen MR) is 52.8 cm³/mol. The van der Waals surface area contributed by atoms with E-state index in [0.29, 0.717) is 24.9 Å². The van der Waals surface area contributed by atoms with Gasteiger partial charge in [0.25, 0.3) is 0 Å². The Morgan fingerprint density at radius 1 is 1.40 bits per heavy atom. The topological polar surface area (TPSA) is 68.8 Å². The van der Waals surface area contributed by atoms with Crippen molar-refractivity contribution in [2.24, 2.45) is 7.05 Å². The van der Waals surface area contributed by atoms with E-state index in [4.69, 9.17) is 4.42 Å². The molecule has 0 unspecified atom stereocenters. The standard InChI is InChI=1S/C9H13N5O/c1-7-12-13-9(15-7)6-10-5-8-11-3-4-14(8)2/h3-4,10H,5-6H2,1-2H3. The van der Waals surface area contributed by atoms with E-state index in [-0.39, 0.29) is 0 Å². The van der Waals surface area contributed by atoms with Crippen LogP contribution in [-0.2, 0) is 20.1 Å². The summed E-state index contributed by atoms with van der Waals surface area (Å²) < 4.78 is 7.19. The van der Waals surface area contributed by atoms with Crippen LogP contribution in [0.15, 0.2) is 16.8 Å². The number of rotatable bonds is 4. The number of hydrogen-bond acceptors (Lipinski definition) is 5. The second-order valence-corrected chi connectivity index (χ2v) is 3.27. The molecule has 2 aromatic heterocycles. The summed E-state index contributed by atoms with van der Waals surface area (Å²) in [6.45, 7) is 3.02. The summed E-state index contributed by atoms with van der Waals surface area (Å²) in [4.78, 5) is 4.19. The molecule has 15 heavy (non-hydrogen) atoms. The van der Waals surface area contributed by atoms with Crippen molar-refractivity contribution in [1.82, 2.24) is 25.1 Å². The van der Waals surface area contributed by atoms with Crippen molar-refractivity contribution in [2.45, 2.75) is 20.0 Å². The summed E-state index contributed by atoms with van der Waals surface area (Å²) in [5.41, 5.74) is 0. The summed E-state index contributed by atoms with van der Waals surface area (Å²) in [6, 6.07) is 0. The van der Waals surface area contributed by atoms with Crippen molar-refractivity contribution in [1.29, 1.82) is 0 Å². The first-order valence-corrected chi connectivity index (χ1v) is 4.71. The van der Waals surface area contributed by atoms with Crippen LogP contribution in [-0.4, -0.2) is 19.7 Å². The fourth-order valence-corrected chi connectivity index (χ4v) is 1.26. The van der Waals surface area contributed by atoms with Crippen molar-refractivity contribution in [2.75, 3.05) is 0 Å². The molecule has 0 fully saturated rings. The third-order valence-corrected chi connectivity index (χ3v) is 2.05. The van der Waals surface area contributed by atoms with Gasteiger partial charge in [0.15, 0.2) is 0 Å². The molecule has 0 saturated heterocycles. The number of nitrogens with zero attached hydrogens (tertiary/aromatic N) is 4. The number of imidazole rings is 1. The van der Waals surface area contributed by atoms with Gasteiger partial charge < -0.3 is 14.3 Å². The minimum Gasteiger partial charge on any atom is -0.424 e. The van der Waals surface area contributed by atoms with Gasteiger partial charge >= 0.3 is 0 Å². The second-order valence-electron chi connectivity index (χ2n) is 3.27. The normalized spacial score (nSPS) is 10.8. The Balaban J connectivity index is 1.83. The Morgan fingerprint density at radius 3 is 2.87 bits per heavy atom. The maximum Gasteiger partial charge on any atom is 0.230 e. The van der Waals surface area contributed by atoms with Crippen LogP contribution in [0.1, 0.15) is 17.6 Å². The molecule has 0 saturated carbocycles. The average molecular weight is 207 g/mol. The van der Waals surface area contributed by atoms with Crippen molar-refractivity contribution in [3.8, 4) is 0 Å². The summed E-state index contributed by atoms with van der Waals surface area (Å²) >= 11 is 0. The van der Waals surface area contributed by atoms with Gasteiger partial charge in [0, 0.05) is 26.4 Å². The lowest BCUT2D eigenvalue weighted by Gasteiger charge is -2.01. The zero-order valence-electron chi connectivity index (χ0n) is 8.77. The molecule has 0 aliphatic rings. The maximum absolute atomic E-state index is 5.22. The van der Waals surface area contributed by atoms with E-state index < -0.39 is 0 Å². The highest BCUT2D eigenvalue weighted by molar-refractivity contribution is 4.90. The van der Waals surface area contributed by atoms with E-state index in [2.05, 4.69) is 20.5 Å². The molecule has 0 aromatic carbocycles. The summed E-state index contributed by atoms with van der Waals surface area (Å²) in [6.07, 6.45) is 3.68. The number of aryl methyl sites for hydroxylation is 2. The number of nitrogens with one attached hydrogen (secondary N) is 1. The van der Waals surface area contributed by atoms with Gasteiger partial charge in [0.05, 0.1) is 13.1 Å². The zero-order chi connectivity index (χ0) is 10.7. The third kappa shape index (κ3) is 2.41. The second kappa shape index (κ2) is 4.22. The predicted octanol–water partition coefficient (Wildman–Crippen LogP) is 0.401. The molecule has 6 heteroatoms. The largest absolute Gasteiger partial charge is 0.424 e. The molecule has 2 heterocycles. The Morgan fingerprint density at radius 2 is 2.27 bits per heavy atom. The van der Waals surface area contributed by atoms with Crippen LogP contribution in [0.5, 0.6) is 0 Å². The van der Waals surface area contributed by atoms with Gasteiger partial charge in [0.2, 0.25) is 11.8 Å². The lowest BCUT2D eigenvalue weighted by Crippen LogP contribution is -2.15. The van der Waals surface area contributed by atoms with E-state index >= 15 is 0 Å². The molecule has 2 aromatic rings. The highest BCUT2D eigenvalue weighted by Crippen LogP contribution is 1.98. The maximum atomic E-state index is 5.22. The Labute approximate surface area is 87.3 Å². The highest BCUT2D eigenvalue weighted by atomic mass is 16.4. The number of hydrogen-bond donors (Lipinski definition) is 1. The molecule has 80 valence electrons. The van der Waals surface area contributed by atoms with Crippen molar-refractivity contribution >= 4 is 0 Å². The first-order chi connectivity index (χ1) is 7.25. The SMILES string of the molecule is Cc1nnc(CNCc2nccn2C)o1. The molecule has 2 rings (SSSR count). The molecule has 1 N–H and O–H groups in total. The Bertz CT molecular complexity index is 433. The van der Waals surface area contributed by atoms with E-state index in [0.717, 1.165) is 5.82 Å². The third-order valence-electron chi connectivity index (χ3n) is 2.05. The monoisotopic (exact) mass is 207 g/mol. The lowest BCUT2D eigenvalue weighted by atomic mass is 10.5. The van der Waals surface area contributed by atoms with E-state index in [9.17, 15) is 0 Å².